The van der Waals surface area contributed by atoms with Gasteiger partial charge in [-0.15, -0.1) is 26.3 Å². The van der Waals surface area contributed by atoms with Gasteiger partial charge in [0.2, 0.25) is 0 Å². The summed E-state index contributed by atoms with van der Waals surface area (Å²) >= 11 is 0. The number of hydrogen-bond acceptors (Lipinski definition) is 8. The third kappa shape index (κ3) is 5.77. The van der Waals surface area contributed by atoms with Gasteiger partial charge in [0.1, 0.15) is 64.9 Å². The number of alkyl halides is 6. The van der Waals surface area contributed by atoms with Crippen LogP contribution in [-0.2, 0) is 0 Å². The summed E-state index contributed by atoms with van der Waals surface area (Å²) in [4.78, 5) is 0. The predicted octanol–water partition coefficient (Wildman–Crippen LogP) is 8.12. The van der Waals surface area contributed by atoms with Crippen LogP contribution in [0.1, 0.15) is 33.4 Å². The lowest BCUT2D eigenvalue weighted by Gasteiger charge is -2.13. The van der Waals surface area contributed by atoms with E-state index in [1.165, 1.54) is 0 Å². The Balaban J connectivity index is 1.83. The zero-order valence-corrected chi connectivity index (χ0v) is 23.8. The van der Waals surface area contributed by atoms with E-state index in [1.807, 2.05) is 6.07 Å². The summed E-state index contributed by atoms with van der Waals surface area (Å²) in [6, 6.07) is 19.2. The van der Waals surface area contributed by atoms with Crippen LogP contribution in [0.3, 0.4) is 0 Å². The first-order chi connectivity index (χ1) is 23.2. The highest BCUT2D eigenvalue weighted by molar-refractivity contribution is 6.30. The van der Waals surface area contributed by atoms with Crippen molar-refractivity contribution in [3.8, 4) is 47.9 Å². The molecule has 0 radical (unpaired) electrons. The molecule has 2 aliphatic carbocycles. The molecular weight excluding hydrogens is 657 g/mol. The number of halogens is 7. The number of nitrogens with zero attached hydrogens (tertiary/aromatic N) is 6. The third-order valence-electron chi connectivity index (χ3n) is 7.23. The summed E-state index contributed by atoms with van der Waals surface area (Å²) in [7, 11) is 0. The maximum atomic E-state index is 17.0. The Morgan fingerprint density at radius 3 is 1.33 bits per heavy atom. The third-order valence-corrected chi connectivity index (χ3v) is 7.23. The summed E-state index contributed by atoms with van der Waals surface area (Å²) < 4.78 is 101. The van der Waals surface area contributed by atoms with Crippen molar-refractivity contribution in [3.63, 3.8) is 0 Å². The first-order valence-electron chi connectivity index (χ1n) is 13.2. The zero-order chi connectivity index (χ0) is 35.8. The van der Waals surface area contributed by atoms with Crippen LogP contribution in [0.5, 0.6) is 11.5 Å². The van der Waals surface area contributed by atoms with Gasteiger partial charge in [0, 0.05) is 39.0 Å². The molecule has 0 aromatic heterocycles. The minimum absolute atomic E-state index is 0.0248. The molecule has 0 aliphatic heterocycles. The Morgan fingerprint density at radius 1 is 0.531 bits per heavy atom. The molecule has 0 fully saturated rings. The van der Waals surface area contributed by atoms with Crippen LogP contribution in [0.2, 0.25) is 0 Å². The molecule has 5 rings (SSSR count). The molecule has 0 N–H and O–H groups in total. The van der Waals surface area contributed by atoms with Gasteiger partial charge in [-0.2, -0.15) is 31.6 Å². The van der Waals surface area contributed by atoms with E-state index in [-0.39, 0.29) is 44.5 Å². The molecule has 0 amide bonds. The van der Waals surface area contributed by atoms with Crippen LogP contribution in [0, 0.1) is 73.8 Å². The largest absolute Gasteiger partial charge is 0.573 e. The molecule has 8 nitrogen and oxygen atoms in total. The van der Waals surface area contributed by atoms with Gasteiger partial charge in [-0.25, -0.2) is 4.39 Å². The number of rotatable bonds is 4. The van der Waals surface area contributed by atoms with E-state index in [1.54, 1.807) is 30.3 Å². The minimum atomic E-state index is -5.04. The summed E-state index contributed by atoms with van der Waals surface area (Å²) in [6.45, 7) is 0. The maximum Gasteiger partial charge on any atom is 0.573 e. The fraction of sp³-hybridized carbons (Fsp3) is 0.0588. The smallest absolute Gasteiger partial charge is 0.406 e. The molecule has 236 valence electrons. The SMILES string of the molecule is N#CC(C#N)=C1C(c2ccc(OC(F)(F)F)cc2)=C(C#N)c2c1cc1c(c2F)C(=C(C#N)C#N)C(c2ccc(OC(F)(F)F)cc2)=C1C#N. The number of ether oxygens (including phenoxy) is 2. The van der Waals surface area contributed by atoms with Crippen LogP contribution in [0.15, 0.2) is 65.7 Å². The fourth-order valence-electron chi connectivity index (χ4n) is 5.54. The Kier molecular flexibility index (Phi) is 8.17. The second kappa shape index (κ2) is 12.1. The van der Waals surface area contributed by atoms with Crippen LogP contribution < -0.4 is 9.47 Å². The molecule has 0 saturated carbocycles. The summed E-state index contributed by atoms with van der Waals surface area (Å²) in [6.07, 6.45) is -10.1. The first kappa shape index (κ1) is 33.0. The van der Waals surface area contributed by atoms with Crippen molar-refractivity contribution in [2.75, 3.05) is 0 Å². The van der Waals surface area contributed by atoms with Crippen molar-refractivity contribution in [1.82, 2.24) is 0 Å². The van der Waals surface area contributed by atoms with Crippen molar-refractivity contribution in [2.45, 2.75) is 12.7 Å². The Labute approximate surface area is 270 Å². The van der Waals surface area contributed by atoms with Crippen molar-refractivity contribution in [1.29, 1.82) is 31.6 Å². The van der Waals surface area contributed by atoms with Crippen molar-refractivity contribution in [3.05, 3.63) is 105 Å². The van der Waals surface area contributed by atoms with Gasteiger partial charge in [0.05, 0.1) is 11.1 Å². The molecule has 2 aliphatic rings. The average molecular weight is 666 g/mol. The molecule has 0 spiro atoms. The number of allylic oxidation sites excluding steroid dienone is 8. The lowest BCUT2D eigenvalue weighted by atomic mass is 9.89. The van der Waals surface area contributed by atoms with E-state index < -0.39 is 63.5 Å². The molecule has 0 heterocycles. The van der Waals surface area contributed by atoms with Gasteiger partial charge in [0.15, 0.2) is 0 Å². The molecule has 0 saturated heterocycles. The van der Waals surface area contributed by atoms with Crippen LogP contribution >= 0.6 is 0 Å². The standard InChI is InChI=1S/C34H9F7N6O2/c35-32-30-23(28(18(10-42)11-43)27(25(30)15-47)17-3-7-21(8-4-17)49-34(39,40)41)9-22-24(14-46)26(29(31(22)32)19(12-44)13-45)16-1-5-20(6-2-16)48-33(36,37)38/h1-9H. The Hall–Kier alpha value is -7.33. The summed E-state index contributed by atoms with van der Waals surface area (Å²) in [5.74, 6) is -2.56. The monoisotopic (exact) mass is 666 g/mol. The molecule has 3 aromatic carbocycles. The topological polar surface area (TPSA) is 161 Å². The number of fused-ring (bicyclic) bond motifs is 2. The lowest BCUT2D eigenvalue weighted by Crippen LogP contribution is -2.17. The molecule has 0 atom stereocenters. The normalized spacial score (nSPS) is 13.2. The quantitative estimate of drug-likeness (QED) is 0.199. The fourth-order valence-corrected chi connectivity index (χ4v) is 5.54. The number of benzene rings is 3. The number of nitriles is 6. The Bertz CT molecular complexity index is 2330. The highest BCUT2D eigenvalue weighted by atomic mass is 19.4. The van der Waals surface area contributed by atoms with E-state index in [2.05, 4.69) is 9.47 Å². The molecular formula is C34H9F7N6O2. The van der Waals surface area contributed by atoms with Crippen LogP contribution in [0.4, 0.5) is 30.7 Å². The maximum absolute atomic E-state index is 17.0. The van der Waals surface area contributed by atoms with E-state index in [0.29, 0.717) is 0 Å². The van der Waals surface area contributed by atoms with Gasteiger partial charge < -0.3 is 9.47 Å². The van der Waals surface area contributed by atoms with E-state index in [0.717, 1.165) is 54.6 Å². The predicted molar refractivity (Wildman–Crippen MR) is 154 cm³/mol. The average Bonchev–Trinajstić information content (AvgIpc) is 3.55. The zero-order valence-electron chi connectivity index (χ0n) is 23.8. The summed E-state index contributed by atoms with van der Waals surface area (Å²) in [5, 5.41) is 59.9. The van der Waals surface area contributed by atoms with Gasteiger partial charge in [-0.05, 0) is 47.0 Å². The molecule has 0 bridgehead atoms. The van der Waals surface area contributed by atoms with Crippen molar-refractivity contribution < 1.29 is 40.2 Å². The second-order valence-corrected chi connectivity index (χ2v) is 9.85. The van der Waals surface area contributed by atoms with Gasteiger partial charge in [-0.3, -0.25) is 0 Å². The van der Waals surface area contributed by atoms with Gasteiger partial charge in [0.25, 0.3) is 0 Å². The molecule has 3 aromatic rings. The van der Waals surface area contributed by atoms with E-state index in [4.69, 9.17) is 0 Å². The van der Waals surface area contributed by atoms with E-state index >= 15 is 4.39 Å². The van der Waals surface area contributed by atoms with E-state index in [9.17, 15) is 57.9 Å². The lowest BCUT2D eigenvalue weighted by molar-refractivity contribution is -0.275. The minimum Gasteiger partial charge on any atom is -0.406 e. The molecule has 0 unspecified atom stereocenters. The second-order valence-electron chi connectivity index (χ2n) is 9.85. The first-order valence-corrected chi connectivity index (χ1v) is 13.2. The van der Waals surface area contributed by atoms with Crippen molar-refractivity contribution in [2.24, 2.45) is 0 Å². The van der Waals surface area contributed by atoms with Crippen LogP contribution in [-0.4, -0.2) is 12.7 Å². The molecule has 49 heavy (non-hydrogen) atoms. The molecule has 15 heteroatoms. The van der Waals surface area contributed by atoms with Gasteiger partial charge in [-0.1, -0.05) is 24.3 Å². The van der Waals surface area contributed by atoms with Gasteiger partial charge >= 0.3 is 12.7 Å². The Morgan fingerprint density at radius 2 is 0.939 bits per heavy atom. The van der Waals surface area contributed by atoms with Crippen LogP contribution in [0.25, 0.3) is 33.4 Å². The van der Waals surface area contributed by atoms with Crippen molar-refractivity contribution >= 4 is 33.4 Å². The highest BCUT2D eigenvalue weighted by Gasteiger charge is 2.41. The number of hydrogen-bond donors (Lipinski definition) is 0. The summed E-state index contributed by atoms with van der Waals surface area (Å²) in [5.41, 5.74) is -4.88. The highest BCUT2D eigenvalue weighted by Crippen LogP contribution is 2.56.